The standard InChI is InChI=1S/C28H39N3O3/c1-17-6-5-7-22-23(17)21-14-15-31(25(19-12-13-19)24(21)30-22)26(32)20-10-8-18(9-11-20)16-29-27(33)34-28(2,3)4/h5-7,18-20,25,30H,8-16H2,1-4H3,(H,29,33). The Morgan fingerprint density at radius 2 is 1.85 bits per heavy atom. The number of ether oxygens (including phenoxy) is 1. The number of alkyl carbamates (subject to hydrolysis) is 1. The van der Waals surface area contributed by atoms with E-state index in [9.17, 15) is 9.59 Å². The quantitative estimate of drug-likeness (QED) is 0.613. The second-order valence-corrected chi connectivity index (χ2v) is 11.7. The minimum Gasteiger partial charge on any atom is -0.444 e. The Bertz CT molecular complexity index is 1070. The van der Waals surface area contributed by atoms with Gasteiger partial charge in [-0.2, -0.15) is 0 Å². The van der Waals surface area contributed by atoms with E-state index in [1.165, 1.54) is 40.6 Å². The van der Waals surface area contributed by atoms with Crippen LogP contribution in [-0.2, 0) is 16.0 Å². The van der Waals surface area contributed by atoms with Crippen LogP contribution in [-0.4, -0.2) is 40.6 Å². The van der Waals surface area contributed by atoms with E-state index in [0.29, 0.717) is 24.3 Å². The molecule has 0 spiro atoms. The Hall–Kier alpha value is -2.50. The molecule has 1 aromatic carbocycles. The van der Waals surface area contributed by atoms with Gasteiger partial charge in [-0.1, -0.05) is 12.1 Å². The Kier molecular flexibility index (Phi) is 6.11. The fraction of sp³-hybridized carbons (Fsp3) is 0.643. The topological polar surface area (TPSA) is 74.4 Å². The Morgan fingerprint density at radius 1 is 1.12 bits per heavy atom. The predicted octanol–water partition coefficient (Wildman–Crippen LogP) is 5.64. The molecule has 0 saturated heterocycles. The number of rotatable bonds is 4. The molecule has 34 heavy (non-hydrogen) atoms. The van der Waals surface area contributed by atoms with Gasteiger partial charge in [0.15, 0.2) is 0 Å². The molecule has 1 aliphatic heterocycles. The maximum atomic E-state index is 13.7. The molecule has 0 bridgehead atoms. The van der Waals surface area contributed by atoms with Crippen molar-refractivity contribution < 1.29 is 14.3 Å². The maximum Gasteiger partial charge on any atom is 0.407 e. The number of aromatic nitrogens is 1. The Balaban J connectivity index is 1.23. The molecule has 0 radical (unpaired) electrons. The number of hydrogen-bond acceptors (Lipinski definition) is 3. The van der Waals surface area contributed by atoms with Gasteiger partial charge < -0.3 is 19.9 Å². The number of aryl methyl sites for hydroxylation is 1. The minimum absolute atomic E-state index is 0.103. The Morgan fingerprint density at radius 3 is 2.53 bits per heavy atom. The number of aromatic amines is 1. The van der Waals surface area contributed by atoms with Crippen molar-refractivity contribution in [3.8, 4) is 0 Å². The first-order valence-electron chi connectivity index (χ1n) is 13.1. The number of carbonyl (C=O) groups is 2. The van der Waals surface area contributed by atoms with Gasteiger partial charge >= 0.3 is 6.09 Å². The molecule has 1 unspecified atom stereocenters. The lowest BCUT2D eigenvalue weighted by atomic mass is 9.80. The van der Waals surface area contributed by atoms with Crippen LogP contribution in [0.2, 0.25) is 0 Å². The van der Waals surface area contributed by atoms with E-state index < -0.39 is 5.60 Å². The van der Waals surface area contributed by atoms with Crippen LogP contribution in [0, 0.1) is 24.7 Å². The molecule has 2 fully saturated rings. The number of hydrogen-bond donors (Lipinski definition) is 2. The highest BCUT2D eigenvalue weighted by Crippen LogP contribution is 2.49. The van der Waals surface area contributed by atoms with E-state index >= 15 is 0 Å². The maximum absolute atomic E-state index is 13.7. The Labute approximate surface area is 202 Å². The zero-order valence-corrected chi connectivity index (χ0v) is 21.1. The first-order chi connectivity index (χ1) is 16.2. The molecule has 2 aromatic rings. The molecule has 2 saturated carbocycles. The molecule has 6 nitrogen and oxygen atoms in total. The van der Waals surface area contributed by atoms with Gasteiger partial charge in [0.25, 0.3) is 0 Å². The summed E-state index contributed by atoms with van der Waals surface area (Å²) in [5.41, 5.74) is 4.78. The number of nitrogens with one attached hydrogen (secondary N) is 2. The highest BCUT2D eigenvalue weighted by Gasteiger charge is 2.44. The zero-order chi connectivity index (χ0) is 24.0. The van der Waals surface area contributed by atoms with Crippen molar-refractivity contribution in [2.45, 2.75) is 84.3 Å². The third kappa shape index (κ3) is 4.69. The SMILES string of the molecule is Cc1cccc2[nH]c3c(c12)CCN(C(=O)C1CCC(CNC(=O)OC(C)(C)C)CC1)C3C1CC1. The normalized spacial score (nSPS) is 25.2. The number of carbonyl (C=O) groups excluding carboxylic acids is 2. The fourth-order valence-electron chi connectivity index (χ4n) is 6.11. The van der Waals surface area contributed by atoms with E-state index in [1.54, 1.807) is 0 Å². The molecular weight excluding hydrogens is 426 g/mol. The smallest absolute Gasteiger partial charge is 0.407 e. The van der Waals surface area contributed by atoms with Crippen molar-refractivity contribution >= 4 is 22.9 Å². The van der Waals surface area contributed by atoms with Gasteiger partial charge in [0.1, 0.15) is 5.60 Å². The van der Waals surface area contributed by atoms with Gasteiger partial charge in [0.2, 0.25) is 5.91 Å². The second-order valence-electron chi connectivity index (χ2n) is 11.7. The predicted molar refractivity (Wildman–Crippen MR) is 134 cm³/mol. The number of H-pyrrole nitrogens is 1. The highest BCUT2D eigenvalue weighted by molar-refractivity contribution is 5.89. The largest absolute Gasteiger partial charge is 0.444 e. The van der Waals surface area contributed by atoms with Gasteiger partial charge in [0, 0.05) is 35.6 Å². The number of benzene rings is 1. The lowest BCUT2D eigenvalue weighted by Gasteiger charge is -2.39. The number of fused-ring (bicyclic) bond motifs is 3. The van der Waals surface area contributed by atoms with Gasteiger partial charge in [-0.25, -0.2) is 4.79 Å². The van der Waals surface area contributed by atoms with Gasteiger partial charge in [0.05, 0.1) is 6.04 Å². The van der Waals surface area contributed by atoms with Crippen molar-refractivity contribution in [3.63, 3.8) is 0 Å². The lowest BCUT2D eigenvalue weighted by Crippen LogP contribution is -2.45. The summed E-state index contributed by atoms with van der Waals surface area (Å²) in [7, 11) is 0. The van der Waals surface area contributed by atoms with Crippen LogP contribution in [0.4, 0.5) is 4.79 Å². The summed E-state index contributed by atoms with van der Waals surface area (Å²) in [5, 5.41) is 4.28. The first kappa shape index (κ1) is 23.3. The van der Waals surface area contributed by atoms with Gasteiger partial charge in [-0.15, -0.1) is 0 Å². The molecule has 2 aliphatic carbocycles. The van der Waals surface area contributed by atoms with Gasteiger partial charge in [-0.3, -0.25) is 4.79 Å². The molecule has 5 rings (SSSR count). The third-order valence-corrected chi connectivity index (χ3v) is 7.88. The van der Waals surface area contributed by atoms with Crippen molar-refractivity contribution in [1.82, 2.24) is 15.2 Å². The summed E-state index contributed by atoms with van der Waals surface area (Å²) in [6, 6.07) is 6.68. The fourth-order valence-corrected chi connectivity index (χ4v) is 6.11. The summed E-state index contributed by atoms with van der Waals surface area (Å²) in [4.78, 5) is 31.7. The zero-order valence-electron chi connectivity index (χ0n) is 21.1. The highest BCUT2D eigenvalue weighted by atomic mass is 16.6. The van der Waals surface area contributed by atoms with E-state index in [1.807, 2.05) is 20.8 Å². The monoisotopic (exact) mass is 465 g/mol. The summed E-state index contributed by atoms with van der Waals surface area (Å²) in [5.74, 6) is 1.45. The first-order valence-corrected chi connectivity index (χ1v) is 13.1. The van der Waals surface area contributed by atoms with Crippen LogP contribution in [0.3, 0.4) is 0 Å². The van der Waals surface area contributed by atoms with E-state index in [-0.39, 0.29) is 18.1 Å². The molecule has 2 heterocycles. The number of amides is 2. The molecule has 2 N–H and O–H groups in total. The molecule has 6 heteroatoms. The molecule has 184 valence electrons. The number of nitrogens with zero attached hydrogens (tertiary/aromatic N) is 1. The van der Waals surface area contributed by atoms with Crippen LogP contribution in [0.25, 0.3) is 10.9 Å². The summed E-state index contributed by atoms with van der Waals surface area (Å²) in [6.07, 6.45) is 6.78. The van der Waals surface area contributed by atoms with Crippen LogP contribution >= 0.6 is 0 Å². The van der Waals surface area contributed by atoms with E-state index in [4.69, 9.17) is 4.74 Å². The summed E-state index contributed by atoms with van der Waals surface area (Å²) in [6.45, 7) is 9.27. The van der Waals surface area contributed by atoms with Crippen molar-refractivity contribution in [2.75, 3.05) is 13.1 Å². The van der Waals surface area contributed by atoms with Gasteiger partial charge in [-0.05, 0) is 102 Å². The molecule has 1 aromatic heterocycles. The van der Waals surface area contributed by atoms with Crippen LogP contribution < -0.4 is 5.32 Å². The van der Waals surface area contributed by atoms with Crippen LogP contribution in [0.1, 0.15) is 82.2 Å². The average molecular weight is 466 g/mol. The summed E-state index contributed by atoms with van der Waals surface area (Å²) < 4.78 is 5.35. The van der Waals surface area contributed by atoms with E-state index in [0.717, 1.165) is 38.6 Å². The molecule has 2 amide bonds. The second kappa shape index (κ2) is 8.94. The lowest BCUT2D eigenvalue weighted by molar-refractivity contribution is -0.140. The summed E-state index contributed by atoms with van der Waals surface area (Å²) >= 11 is 0. The van der Waals surface area contributed by atoms with Crippen molar-refractivity contribution in [1.29, 1.82) is 0 Å². The van der Waals surface area contributed by atoms with Crippen molar-refractivity contribution in [3.05, 3.63) is 35.0 Å². The van der Waals surface area contributed by atoms with Crippen molar-refractivity contribution in [2.24, 2.45) is 17.8 Å². The molecule has 3 aliphatic rings. The minimum atomic E-state index is -0.482. The molecular formula is C28H39N3O3. The van der Waals surface area contributed by atoms with E-state index in [2.05, 4.69) is 40.3 Å². The average Bonchev–Trinajstić information content (AvgIpc) is 3.55. The van der Waals surface area contributed by atoms with Crippen LogP contribution in [0.5, 0.6) is 0 Å². The molecule has 1 atom stereocenters. The van der Waals surface area contributed by atoms with Crippen LogP contribution in [0.15, 0.2) is 18.2 Å². The third-order valence-electron chi connectivity index (χ3n) is 7.88.